The van der Waals surface area contributed by atoms with Gasteiger partial charge in [-0.2, -0.15) is 0 Å². The van der Waals surface area contributed by atoms with Gasteiger partial charge in [0.2, 0.25) is 6.33 Å². The molecule has 1 aliphatic heterocycles. The largest absolute Gasteiger partial charge is 0.333 e. The van der Waals surface area contributed by atoms with Gasteiger partial charge in [-0.1, -0.05) is 12.1 Å². The molecular weight excluding hydrogens is 326 g/mol. The Morgan fingerprint density at radius 3 is 2.16 bits per heavy atom. The van der Waals surface area contributed by atoms with Gasteiger partial charge in [-0.15, -0.1) is 0 Å². The fraction of sp³-hybridized carbons (Fsp3) is 0.188. The third-order valence-electron chi connectivity index (χ3n) is 4.46. The summed E-state index contributed by atoms with van der Waals surface area (Å²) in [5, 5.41) is 0. The Morgan fingerprint density at radius 1 is 0.960 bits per heavy atom. The molecule has 1 N–H and O–H groups in total. The van der Waals surface area contributed by atoms with E-state index < -0.39 is 23.1 Å². The zero-order valence-electron chi connectivity index (χ0n) is 13.5. The number of H-pyrrole nitrogens is 1. The molecule has 126 valence electrons. The van der Waals surface area contributed by atoms with Gasteiger partial charge >= 0.3 is 11.2 Å². The van der Waals surface area contributed by atoms with Crippen LogP contribution in [0.1, 0.15) is 20.7 Å². The molecule has 9 heteroatoms. The number of imidazole rings is 1. The molecule has 2 amide bonds. The molecule has 2 aromatic heterocycles. The van der Waals surface area contributed by atoms with Crippen molar-refractivity contribution < 1.29 is 14.2 Å². The highest BCUT2D eigenvalue weighted by atomic mass is 16.2. The number of benzene rings is 1. The van der Waals surface area contributed by atoms with E-state index in [1.807, 2.05) is 0 Å². The van der Waals surface area contributed by atoms with E-state index in [0.717, 1.165) is 9.47 Å². The Morgan fingerprint density at radius 2 is 1.56 bits per heavy atom. The van der Waals surface area contributed by atoms with E-state index in [2.05, 4.69) is 4.98 Å². The summed E-state index contributed by atoms with van der Waals surface area (Å²) >= 11 is 0. The Labute approximate surface area is 140 Å². The lowest BCUT2D eigenvalue weighted by Gasteiger charge is -2.11. The number of aromatic nitrogens is 4. The molecule has 4 rings (SSSR count). The van der Waals surface area contributed by atoms with Crippen molar-refractivity contribution in [2.75, 3.05) is 0 Å². The summed E-state index contributed by atoms with van der Waals surface area (Å²) in [6, 6.07) is 6.58. The number of aromatic amines is 1. The number of carbonyl (C=O) groups excluding carboxylic acids is 2. The Bertz CT molecular complexity index is 1150. The summed E-state index contributed by atoms with van der Waals surface area (Å²) in [7, 11) is 2.91. The second kappa shape index (κ2) is 5.00. The molecule has 0 atom stereocenters. The van der Waals surface area contributed by atoms with E-state index in [1.165, 1.54) is 29.6 Å². The van der Waals surface area contributed by atoms with Gasteiger partial charge in [0.05, 0.1) is 11.1 Å². The minimum Gasteiger partial charge on any atom is -0.268 e. The van der Waals surface area contributed by atoms with E-state index in [-0.39, 0.29) is 12.2 Å². The van der Waals surface area contributed by atoms with Gasteiger partial charge in [-0.25, -0.2) is 19.2 Å². The first-order chi connectivity index (χ1) is 11.9. The van der Waals surface area contributed by atoms with E-state index in [1.54, 1.807) is 24.3 Å². The summed E-state index contributed by atoms with van der Waals surface area (Å²) in [5.74, 6) is -0.826. The summed E-state index contributed by atoms with van der Waals surface area (Å²) < 4.78 is 3.74. The number of imide groups is 1. The molecule has 25 heavy (non-hydrogen) atoms. The first-order valence-corrected chi connectivity index (χ1v) is 7.53. The van der Waals surface area contributed by atoms with Gasteiger partial charge in [0.1, 0.15) is 0 Å². The third-order valence-corrected chi connectivity index (χ3v) is 4.46. The smallest absolute Gasteiger partial charge is 0.268 e. The molecule has 0 saturated carbocycles. The minimum absolute atomic E-state index is 0.125. The van der Waals surface area contributed by atoms with Crippen molar-refractivity contribution >= 4 is 23.0 Å². The van der Waals surface area contributed by atoms with E-state index >= 15 is 0 Å². The molecular formula is C16H14N5O4+. The van der Waals surface area contributed by atoms with Crippen molar-refractivity contribution in [2.45, 2.75) is 6.67 Å². The number of fused-ring (bicyclic) bond motifs is 2. The van der Waals surface area contributed by atoms with Crippen LogP contribution in [0.4, 0.5) is 0 Å². The average molecular weight is 340 g/mol. The lowest BCUT2D eigenvalue weighted by atomic mass is 10.1. The maximum atomic E-state index is 12.5. The van der Waals surface area contributed by atoms with E-state index in [9.17, 15) is 19.2 Å². The monoisotopic (exact) mass is 340 g/mol. The lowest BCUT2D eigenvalue weighted by molar-refractivity contribution is -0.685. The SMILES string of the molecule is Cn1c(=O)c2c([nH]c[n+]2CN2C(=O)c3ccccc3C2=O)n(C)c1=O. The van der Waals surface area contributed by atoms with Crippen LogP contribution in [0.25, 0.3) is 11.2 Å². The van der Waals surface area contributed by atoms with Gasteiger partial charge in [0.15, 0.2) is 6.67 Å². The average Bonchev–Trinajstić information content (AvgIpc) is 3.14. The van der Waals surface area contributed by atoms with Crippen LogP contribution in [0.3, 0.4) is 0 Å². The Hall–Kier alpha value is -3.49. The molecule has 0 radical (unpaired) electrons. The second-order valence-electron chi connectivity index (χ2n) is 5.87. The molecule has 9 nitrogen and oxygen atoms in total. The van der Waals surface area contributed by atoms with E-state index in [4.69, 9.17) is 0 Å². The molecule has 0 unspecified atom stereocenters. The van der Waals surface area contributed by atoms with Crippen molar-refractivity contribution in [1.29, 1.82) is 0 Å². The minimum atomic E-state index is -0.504. The van der Waals surface area contributed by atoms with Gasteiger partial charge in [0.25, 0.3) is 23.0 Å². The van der Waals surface area contributed by atoms with Crippen molar-refractivity contribution in [2.24, 2.45) is 14.1 Å². The van der Waals surface area contributed by atoms with Crippen LogP contribution in [0, 0.1) is 0 Å². The van der Waals surface area contributed by atoms with Crippen LogP contribution in [-0.2, 0) is 20.8 Å². The van der Waals surface area contributed by atoms with E-state index in [0.29, 0.717) is 16.8 Å². The Kier molecular flexibility index (Phi) is 3.01. The molecule has 0 aliphatic carbocycles. The van der Waals surface area contributed by atoms with Gasteiger partial charge < -0.3 is 0 Å². The number of rotatable bonds is 2. The number of nitrogens with zero attached hydrogens (tertiary/aromatic N) is 4. The standard InChI is InChI=1S/C16H13N5O4/c1-18-12-11(15(24)19(2)16(18)25)20(7-17-12)8-21-13(22)9-5-3-4-6-10(9)14(21)23/h3-7H,8H2,1-2H3/p+1. The van der Waals surface area contributed by atoms with Crippen molar-refractivity contribution in [1.82, 2.24) is 19.0 Å². The Balaban J connectivity index is 1.84. The van der Waals surface area contributed by atoms with Gasteiger partial charge in [0, 0.05) is 14.1 Å². The lowest BCUT2D eigenvalue weighted by Crippen LogP contribution is -2.49. The summed E-state index contributed by atoms with van der Waals surface area (Å²) in [4.78, 5) is 53.3. The highest BCUT2D eigenvalue weighted by molar-refractivity contribution is 6.21. The summed E-state index contributed by atoms with van der Waals surface area (Å²) in [5.41, 5.74) is 0.246. The summed E-state index contributed by atoms with van der Waals surface area (Å²) in [6.45, 7) is -0.125. The van der Waals surface area contributed by atoms with Gasteiger partial charge in [-0.3, -0.25) is 23.5 Å². The zero-order chi connectivity index (χ0) is 17.9. The fourth-order valence-electron chi connectivity index (χ4n) is 3.09. The summed E-state index contributed by atoms with van der Waals surface area (Å²) in [6.07, 6.45) is 1.47. The van der Waals surface area contributed by atoms with Crippen LogP contribution >= 0.6 is 0 Å². The van der Waals surface area contributed by atoms with Crippen LogP contribution < -0.4 is 15.8 Å². The molecule has 0 saturated heterocycles. The highest BCUT2D eigenvalue weighted by Crippen LogP contribution is 2.22. The predicted molar refractivity (Wildman–Crippen MR) is 85.9 cm³/mol. The molecule has 0 bridgehead atoms. The quantitative estimate of drug-likeness (QED) is 0.483. The predicted octanol–water partition coefficient (Wildman–Crippen LogP) is -0.893. The van der Waals surface area contributed by atoms with Gasteiger partial charge in [-0.05, 0) is 12.1 Å². The molecule has 1 aromatic carbocycles. The second-order valence-corrected chi connectivity index (χ2v) is 5.87. The van der Waals surface area contributed by atoms with Crippen molar-refractivity contribution in [3.8, 4) is 0 Å². The molecule has 3 heterocycles. The third kappa shape index (κ3) is 1.92. The maximum Gasteiger partial charge on any atom is 0.333 e. The van der Waals surface area contributed by atoms with Crippen LogP contribution in [0.15, 0.2) is 40.2 Å². The number of nitrogens with one attached hydrogen (secondary N) is 1. The van der Waals surface area contributed by atoms with Crippen LogP contribution in [-0.4, -0.2) is 30.8 Å². The first kappa shape index (κ1) is 15.1. The maximum absolute atomic E-state index is 12.5. The van der Waals surface area contributed by atoms with Crippen molar-refractivity contribution in [3.63, 3.8) is 0 Å². The van der Waals surface area contributed by atoms with Crippen LogP contribution in [0.5, 0.6) is 0 Å². The number of hydrogen-bond donors (Lipinski definition) is 1. The molecule has 0 spiro atoms. The molecule has 0 fully saturated rings. The topological polar surface area (TPSA) is 101 Å². The normalized spacial score (nSPS) is 13.8. The number of amides is 2. The number of hydrogen-bond acceptors (Lipinski definition) is 4. The first-order valence-electron chi connectivity index (χ1n) is 7.53. The van der Waals surface area contributed by atoms with Crippen LogP contribution in [0.2, 0.25) is 0 Å². The number of aryl methyl sites for hydroxylation is 1. The molecule has 1 aliphatic rings. The number of carbonyl (C=O) groups is 2. The fourth-order valence-corrected chi connectivity index (χ4v) is 3.09. The zero-order valence-corrected chi connectivity index (χ0v) is 13.5. The highest BCUT2D eigenvalue weighted by Gasteiger charge is 2.37. The van der Waals surface area contributed by atoms with Crippen molar-refractivity contribution in [3.05, 3.63) is 62.6 Å². The molecule has 3 aromatic rings.